The number of fused-ring (bicyclic) bond motifs is 1. The summed E-state index contributed by atoms with van der Waals surface area (Å²) in [4.78, 5) is 34.3. The van der Waals surface area contributed by atoms with Crippen LogP contribution in [0.5, 0.6) is 0 Å². The first-order valence-electron chi connectivity index (χ1n) is 13.2. The standard InChI is InChI=1S/C30H31N6O2P/c1-34(2)30(21-7-4-3-5-8-21)13-11-29(12-14-30)19-35(28(38)36(29)39)26-18-32-25(15-20(26)17-31)22-9-6-10-24-23(22)16-27(37)33-24/h3-10,15,18H,11-14,16,19,39H2,1-2H3,(H,33,37)/t29-,30+. The highest BCUT2D eigenvalue weighted by atomic mass is 31.0. The van der Waals surface area contributed by atoms with Crippen LogP contribution in [-0.4, -0.2) is 52.7 Å². The number of carbonyl (C=O) groups is 2. The molecule has 2 aromatic carbocycles. The van der Waals surface area contributed by atoms with Gasteiger partial charge in [0.25, 0.3) is 0 Å². The van der Waals surface area contributed by atoms with E-state index in [0.29, 0.717) is 23.5 Å². The Morgan fingerprint density at radius 2 is 1.79 bits per heavy atom. The monoisotopic (exact) mass is 538 g/mol. The van der Waals surface area contributed by atoms with Crippen LogP contribution in [-0.2, 0) is 16.8 Å². The highest BCUT2D eigenvalue weighted by Crippen LogP contribution is 2.50. The van der Waals surface area contributed by atoms with E-state index in [1.54, 1.807) is 21.8 Å². The summed E-state index contributed by atoms with van der Waals surface area (Å²) in [5.74, 6) is -0.0545. The molecule has 3 heterocycles. The zero-order chi connectivity index (χ0) is 27.4. The first-order chi connectivity index (χ1) is 18.8. The van der Waals surface area contributed by atoms with Crippen LogP contribution in [0, 0.1) is 11.3 Å². The average Bonchev–Trinajstić information content (AvgIpc) is 3.46. The Bertz CT molecular complexity index is 1510. The van der Waals surface area contributed by atoms with Crippen LogP contribution in [0.1, 0.15) is 42.4 Å². The second-order valence-corrected chi connectivity index (χ2v) is 11.5. The molecule has 1 saturated heterocycles. The van der Waals surface area contributed by atoms with Crippen molar-refractivity contribution in [2.75, 3.05) is 30.9 Å². The van der Waals surface area contributed by atoms with Crippen molar-refractivity contribution in [1.29, 1.82) is 5.26 Å². The Hall–Kier alpha value is -3.79. The normalized spacial score (nSPS) is 24.3. The smallest absolute Gasteiger partial charge is 0.326 e. The molecule has 6 rings (SSSR count). The van der Waals surface area contributed by atoms with Gasteiger partial charge in [0, 0.05) is 16.8 Å². The molecule has 1 atom stereocenters. The molecule has 39 heavy (non-hydrogen) atoms. The number of carbonyl (C=O) groups excluding carboxylic acids is 2. The second kappa shape index (κ2) is 9.44. The largest absolute Gasteiger partial charge is 0.328 e. The summed E-state index contributed by atoms with van der Waals surface area (Å²) >= 11 is 0. The van der Waals surface area contributed by atoms with Gasteiger partial charge in [-0.15, -0.1) is 0 Å². The van der Waals surface area contributed by atoms with Gasteiger partial charge in [0.05, 0.1) is 41.6 Å². The topological polar surface area (TPSA) is 92.6 Å². The van der Waals surface area contributed by atoms with Crippen LogP contribution in [0.2, 0.25) is 0 Å². The van der Waals surface area contributed by atoms with E-state index in [4.69, 9.17) is 0 Å². The van der Waals surface area contributed by atoms with E-state index in [-0.39, 0.29) is 29.4 Å². The number of aromatic nitrogens is 1. The molecule has 1 spiro atoms. The van der Waals surface area contributed by atoms with Crippen molar-refractivity contribution in [3.63, 3.8) is 0 Å². The minimum Gasteiger partial charge on any atom is -0.326 e. The highest BCUT2D eigenvalue weighted by Gasteiger charge is 2.54. The zero-order valence-corrected chi connectivity index (χ0v) is 23.3. The van der Waals surface area contributed by atoms with E-state index >= 15 is 0 Å². The molecule has 0 radical (unpaired) electrons. The lowest BCUT2D eigenvalue weighted by Gasteiger charge is -2.50. The van der Waals surface area contributed by atoms with Gasteiger partial charge in [-0.1, -0.05) is 42.5 Å². The third-order valence-corrected chi connectivity index (χ3v) is 9.70. The number of benzene rings is 2. The van der Waals surface area contributed by atoms with Crippen molar-refractivity contribution in [1.82, 2.24) is 14.6 Å². The summed E-state index contributed by atoms with van der Waals surface area (Å²) in [5.41, 5.74) is 4.88. The maximum atomic E-state index is 13.6. The number of hydrogen-bond acceptors (Lipinski definition) is 5. The molecule has 2 aliphatic heterocycles. The van der Waals surface area contributed by atoms with Gasteiger partial charge in [-0.2, -0.15) is 5.26 Å². The minimum atomic E-state index is -0.340. The fourth-order valence-electron chi connectivity index (χ4n) is 6.62. The van der Waals surface area contributed by atoms with Crippen LogP contribution in [0.4, 0.5) is 16.2 Å². The maximum absolute atomic E-state index is 13.6. The number of nitrogens with one attached hydrogen (secondary N) is 1. The average molecular weight is 539 g/mol. The van der Waals surface area contributed by atoms with E-state index < -0.39 is 0 Å². The molecule has 198 valence electrons. The SMILES string of the molecule is CN(C)[C@]1(c2ccccc2)CC[C@]2(CC1)CN(c1cnc(-c3cccc4c3CC(=O)N4)cc1C#N)C(=O)N2P. The number of nitriles is 1. The van der Waals surface area contributed by atoms with Gasteiger partial charge in [0.1, 0.15) is 6.07 Å². The number of anilines is 2. The Kier molecular flexibility index (Phi) is 6.17. The first-order valence-corrected chi connectivity index (χ1v) is 13.7. The van der Waals surface area contributed by atoms with E-state index in [1.807, 2.05) is 24.3 Å². The third-order valence-electron chi connectivity index (χ3n) is 8.93. The molecule has 2 fully saturated rings. The quantitative estimate of drug-likeness (QED) is 0.477. The Labute approximate surface area is 230 Å². The number of pyridine rings is 1. The van der Waals surface area contributed by atoms with Crippen molar-refractivity contribution < 1.29 is 9.59 Å². The molecule has 3 amide bonds. The molecule has 3 aliphatic rings. The summed E-state index contributed by atoms with van der Waals surface area (Å²) in [6, 6.07) is 20.1. The van der Waals surface area contributed by atoms with E-state index in [0.717, 1.165) is 42.5 Å². The number of urea groups is 1. The molecule has 1 aromatic heterocycles. The van der Waals surface area contributed by atoms with E-state index in [2.05, 4.69) is 69.0 Å². The van der Waals surface area contributed by atoms with Gasteiger partial charge in [-0.05, 0) is 72.4 Å². The highest BCUT2D eigenvalue weighted by molar-refractivity contribution is 7.14. The summed E-state index contributed by atoms with van der Waals surface area (Å²) in [6.45, 7) is 0.502. The third kappa shape index (κ3) is 4.00. The first kappa shape index (κ1) is 25.5. The summed E-state index contributed by atoms with van der Waals surface area (Å²) in [7, 11) is 6.92. The van der Waals surface area contributed by atoms with Gasteiger partial charge in [-0.3, -0.25) is 19.6 Å². The van der Waals surface area contributed by atoms with Crippen molar-refractivity contribution in [3.05, 3.63) is 77.5 Å². The molecule has 8 nitrogen and oxygen atoms in total. The fraction of sp³-hybridized carbons (Fsp3) is 0.333. The number of hydrogen-bond donors (Lipinski definition) is 1. The Morgan fingerprint density at radius 1 is 1.05 bits per heavy atom. The predicted molar refractivity (Wildman–Crippen MR) is 154 cm³/mol. The Morgan fingerprint density at radius 3 is 2.49 bits per heavy atom. The van der Waals surface area contributed by atoms with Crippen LogP contribution in [0.25, 0.3) is 11.3 Å². The van der Waals surface area contributed by atoms with Crippen LogP contribution >= 0.6 is 9.39 Å². The lowest BCUT2D eigenvalue weighted by molar-refractivity contribution is -0.115. The minimum absolute atomic E-state index is 0.0545. The lowest BCUT2D eigenvalue weighted by Crippen LogP contribution is -2.53. The van der Waals surface area contributed by atoms with Crippen LogP contribution in [0.3, 0.4) is 0 Å². The number of rotatable bonds is 4. The Balaban J connectivity index is 1.29. The number of amides is 3. The summed E-state index contributed by atoms with van der Waals surface area (Å²) in [6.07, 6.45) is 5.44. The van der Waals surface area contributed by atoms with Gasteiger partial charge < -0.3 is 9.99 Å². The molecule has 1 saturated carbocycles. The molecule has 1 N–H and O–H groups in total. The molecule has 1 unspecified atom stereocenters. The number of nitrogens with zero attached hydrogens (tertiary/aromatic N) is 5. The molecule has 0 bridgehead atoms. The van der Waals surface area contributed by atoms with Crippen molar-refractivity contribution in [2.45, 2.75) is 43.2 Å². The molecular formula is C30H31N6O2P. The van der Waals surface area contributed by atoms with Gasteiger partial charge in [-0.25, -0.2) is 4.79 Å². The second-order valence-electron chi connectivity index (χ2n) is 11.0. The van der Waals surface area contributed by atoms with E-state index in [1.165, 1.54) is 5.56 Å². The lowest BCUT2D eigenvalue weighted by atomic mass is 9.69. The predicted octanol–water partition coefficient (Wildman–Crippen LogP) is 4.92. The molecule has 1 aliphatic carbocycles. The van der Waals surface area contributed by atoms with Gasteiger partial charge >= 0.3 is 6.03 Å². The molecule has 9 heteroatoms. The van der Waals surface area contributed by atoms with Crippen LogP contribution < -0.4 is 10.2 Å². The maximum Gasteiger partial charge on any atom is 0.328 e. The van der Waals surface area contributed by atoms with Gasteiger partial charge in [0.2, 0.25) is 5.91 Å². The fourth-order valence-corrected chi connectivity index (χ4v) is 7.10. The van der Waals surface area contributed by atoms with Gasteiger partial charge in [0.15, 0.2) is 0 Å². The van der Waals surface area contributed by atoms with E-state index in [9.17, 15) is 14.9 Å². The molecular weight excluding hydrogens is 507 g/mol. The van der Waals surface area contributed by atoms with Crippen molar-refractivity contribution in [2.24, 2.45) is 0 Å². The van der Waals surface area contributed by atoms with Crippen molar-refractivity contribution in [3.8, 4) is 17.3 Å². The van der Waals surface area contributed by atoms with Crippen molar-refractivity contribution >= 4 is 32.7 Å². The zero-order valence-electron chi connectivity index (χ0n) is 22.1. The summed E-state index contributed by atoms with van der Waals surface area (Å²) in [5, 5.41) is 13.0. The van der Waals surface area contributed by atoms with Crippen LogP contribution in [0.15, 0.2) is 60.8 Å². The molecule has 3 aromatic rings. The summed E-state index contributed by atoms with van der Waals surface area (Å²) < 4.78 is 1.80.